The predicted octanol–water partition coefficient (Wildman–Crippen LogP) is 3.69. The van der Waals surface area contributed by atoms with Crippen molar-refractivity contribution >= 4 is 15.7 Å². The lowest BCUT2D eigenvalue weighted by Crippen LogP contribution is -2.51. The average molecular weight is 531 g/mol. The molecule has 1 aliphatic heterocycles. The molecule has 3 heterocycles. The number of nitriles is 1. The van der Waals surface area contributed by atoms with Gasteiger partial charge in [-0.1, -0.05) is 18.2 Å². The second-order valence-electron chi connectivity index (χ2n) is 9.35. The van der Waals surface area contributed by atoms with Gasteiger partial charge in [0.05, 0.1) is 30.2 Å². The first-order chi connectivity index (χ1) is 18.3. The summed E-state index contributed by atoms with van der Waals surface area (Å²) in [5.74, 6) is -0.338. The number of hydrogen-bond donors (Lipinski definition) is 0. The van der Waals surface area contributed by atoms with E-state index >= 15 is 0 Å². The van der Waals surface area contributed by atoms with Crippen LogP contribution in [0.15, 0.2) is 84.4 Å². The van der Waals surface area contributed by atoms with Crippen molar-refractivity contribution in [1.82, 2.24) is 18.8 Å². The van der Waals surface area contributed by atoms with E-state index in [0.717, 1.165) is 22.5 Å². The lowest BCUT2D eigenvalue weighted by atomic mass is 9.95. The summed E-state index contributed by atoms with van der Waals surface area (Å²) < 4.78 is 44.8. The fourth-order valence-electron chi connectivity index (χ4n) is 4.88. The van der Waals surface area contributed by atoms with Crippen LogP contribution in [0, 0.1) is 17.1 Å². The average Bonchev–Trinajstić information content (AvgIpc) is 3.33. The highest BCUT2D eigenvalue weighted by molar-refractivity contribution is 7.89. The molecule has 5 rings (SSSR count). The molecule has 2 aromatic carbocycles. The Morgan fingerprint density at radius 1 is 1.16 bits per heavy atom. The number of rotatable bonds is 8. The second-order valence-corrected chi connectivity index (χ2v) is 11.2. The molecule has 38 heavy (non-hydrogen) atoms. The number of aryl methyl sites for hydroxylation is 1. The van der Waals surface area contributed by atoms with E-state index in [2.05, 4.69) is 20.9 Å². The number of benzene rings is 2. The molecule has 194 valence electrons. The van der Waals surface area contributed by atoms with Crippen LogP contribution in [0.2, 0.25) is 0 Å². The summed E-state index contributed by atoms with van der Waals surface area (Å²) in [4.78, 5) is 10.5. The number of imidazole rings is 1. The van der Waals surface area contributed by atoms with Gasteiger partial charge in [-0.15, -0.1) is 0 Å². The molecular formula is C28H27FN6O2S. The fraction of sp³-hybridized carbons (Fsp3) is 0.250. The molecule has 0 saturated heterocycles. The van der Waals surface area contributed by atoms with E-state index < -0.39 is 16.1 Å². The molecule has 10 heteroatoms. The Morgan fingerprint density at radius 2 is 1.97 bits per heavy atom. The van der Waals surface area contributed by atoms with Gasteiger partial charge in [-0.25, -0.2) is 22.8 Å². The number of aromatic nitrogens is 3. The van der Waals surface area contributed by atoms with Gasteiger partial charge < -0.3 is 9.47 Å². The summed E-state index contributed by atoms with van der Waals surface area (Å²) >= 11 is 0. The molecule has 0 amide bonds. The number of hydrogen-bond acceptors (Lipinski definition) is 6. The Morgan fingerprint density at radius 3 is 2.66 bits per heavy atom. The monoisotopic (exact) mass is 530 g/mol. The standard InChI is InChI=1S/C28H27FN6O2S/c1-33-20-31-17-26(33)19-34-18-25(15-23-14-22(16-30)7-10-27(23)34)35(13-11-21-5-8-24(29)9-6-21)38(36,37)28-4-2-3-12-32-28/h2-10,12,14,17,20,25H,11,13,15,18-19H2,1H3. The lowest BCUT2D eigenvalue weighted by Gasteiger charge is -2.40. The number of anilines is 1. The summed E-state index contributed by atoms with van der Waals surface area (Å²) in [6, 6.07) is 18.3. The molecule has 4 aromatic rings. The van der Waals surface area contributed by atoms with Crippen molar-refractivity contribution in [3.05, 3.63) is 108 Å². The van der Waals surface area contributed by atoms with Crippen molar-refractivity contribution in [2.45, 2.75) is 30.5 Å². The summed E-state index contributed by atoms with van der Waals surface area (Å²) in [6.45, 7) is 1.17. The fourth-order valence-corrected chi connectivity index (χ4v) is 6.43. The first-order valence-corrected chi connectivity index (χ1v) is 13.7. The largest absolute Gasteiger partial charge is 0.364 e. The lowest BCUT2D eigenvalue weighted by molar-refractivity contribution is 0.310. The number of nitrogens with zero attached hydrogens (tertiary/aromatic N) is 6. The van der Waals surface area contributed by atoms with Crippen LogP contribution in [0.5, 0.6) is 0 Å². The van der Waals surface area contributed by atoms with Gasteiger partial charge in [-0.05, 0) is 66.4 Å². The molecule has 0 bridgehead atoms. The molecule has 0 aliphatic carbocycles. The number of pyridine rings is 1. The zero-order chi connectivity index (χ0) is 26.7. The van der Waals surface area contributed by atoms with Gasteiger partial charge in [-0.2, -0.15) is 9.57 Å². The minimum absolute atomic E-state index is 0.0196. The Kier molecular flexibility index (Phi) is 7.22. The third-order valence-electron chi connectivity index (χ3n) is 6.86. The van der Waals surface area contributed by atoms with E-state index in [-0.39, 0.29) is 17.4 Å². The molecule has 0 fully saturated rings. The van der Waals surface area contributed by atoms with Gasteiger partial charge in [0.2, 0.25) is 0 Å². The smallest absolute Gasteiger partial charge is 0.260 e. The molecule has 1 atom stereocenters. The molecule has 0 radical (unpaired) electrons. The van der Waals surface area contributed by atoms with Crippen molar-refractivity contribution in [3.8, 4) is 6.07 Å². The van der Waals surface area contributed by atoms with Crippen LogP contribution >= 0.6 is 0 Å². The third-order valence-corrected chi connectivity index (χ3v) is 8.73. The summed E-state index contributed by atoms with van der Waals surface area (Å²) in [7, 11) is -2.03. The highest BCUT2D eigenvalue weighted by Gasteiger charge is 2.37. The van der Waals surface area contributed by atoms with Crippen LogP contribution in [0.1, 0.15) is 22.4 Å². The maximum absolute atomic E-state index is 13.9. The third kappa shape index (κ3) is 5.30. The molecule has 0 spiro atoms. The van der Waals surface area contributed by atoms with Crippen LogP contribution in [0.3, 0.4) is 0 Å². The van der Waals surface area contributed by atoms with E-state index in [0.29, 0.717) is 31.5 Å². The topological polar surface area (TPSA) is 95.1 Å². The highest BCUT2D eigenvalue weighted by atomic mass is 32.2. The summed E-state index contributed by atoms with van der Waals surface area (Å²) in [5, 5.41) is 9.50. The number of halogens is 1. The van der Waals surface area contributed by atoms with Gasteiger partial charge in [0, 0.05) is 44.3 Å². The van der Waals surface area contributed by atoms with Gasteiger partial charge in [-0.3, -0.25) is 0 Å². The molecule has 8 nitrogen and oxygen atoms in total. The minimum atomic E-state index is -3.95. The zero-order valence-electron chi connectivity index (χ0n) is 20.9. The van der Waals surface area contributed by atoms with Gasteiger partial charge in [0.25, 0.3) is 10.0 Å². The summed E-state index contributed by atoms with van der Waals surface area (Å²) in [5.41, 5.74) is 4.21. The Bertz CT molecular complexity index is 1570. The predicted molar refractivity (Wildman–Crippen MR) is 141 cm³/mol. The summed E-state index contributed by atoms with van der Waals surface area (Å²) in [6.07, 6.45) is 5.86. The van der Waals surface area contributed by atoms with Crippen molar-refractivity contribution in [3.63, 3.8) is 0 Å². The van der Waals surface area contributed by atoms with Gasteiger partial charge in [0.15, 0.2) is 5.03 Å². The molecule has 1 unspecified atom stereocenters. The quantitative estimate of drug-likeness (QED) is 0.345. The van der Waals surface area contributed by atoms with Crippen LogP contribution in [-0.2, 0) is 36.5 Å². The zero-order valence-corrected chi connectivity index (χ0v) is 21.7. The highest BCUT2D eigenvalue weighted by Crippen LogP contribution is 2.33. The second kappa shape index (κ2) is 10.7. The van der Waals surface area contributed by atoms with E-state index in [9.17, 15) is 18.1 Å². The van der Waals surface area contributed by atoms with Crippen molar-refractivity contribution in [1.29, 1.82) is 5.26 Å². The maximum Gasteiger partial charge on any atom is 0.260 e. The number of fused-ring (bicyclic) bond motifs is 1. The van der Waals surface area contributed by atoms with Crippen LogP contribution in [-0.4, -0.2) is 46.4 Å². The molecule has 0 saturated carbocycles. The molecule has 2 aromatic heterocycles. The number of sulfonamides is 1. The van der Waals surface area contributed by atoms with Crippen molar-refractivity contribution in [2.24, 2.45) is 7.05 Å². The van der Waals surface area contributed by atoms with E-state index in [1.807, 2.05) is 23.7 Å². The normalized spacial score (nSPS) is 15.3. The first-order valence-electron chi connectivity index (χ1n) is 12.3. The Balaban J connectivity index is 1.53. The minimum Gasteiger partial charge on any atom is -0.364 e. The van der Waals surface area contributed by atoms with E-state index in [4.69, 9.17) is 0 Å². The van der Waals surface area contributed by atoms with Crippen molar-refractivity contribution in [2.75, 3.05) is 18.0 Å². The van der Waals surface area contributed by atoms with Gasteiger partial charge >= 0.3 is 0 Å². The van der Waals surface area contributed by atoms with E-state index in [1.165, 1.54) is 28.7 Å². The first kappa shape index (κ1) is 25.6. The Hall–Kier alpha value is -4.07. The SMILES string of the molecule is Cn1cncc1CN1CC(N(CCc2ccc(F)cc2)S(=O)(=O)c2ccccn2)Cc2cc(C#N)ccc21. The maximum atomic E-state index is 13.9. The molecule has 1 aliphatic rings. The molecule has 0 N–H and O–H groups in total. The van der Waals surface area contributed by atoms with Crippen LogP contribution in [0.4, 0.5) is 10.1 Å². The van der Waals surface area contributed by atoms with Gasteiger partial charge in [0.1, 0.15) is 5.82 Å². The molecular weight excluding hydrogens is 503 g/mol. The van der Waals surface area contributed by atoms with Crippen LogP contribution < -0.4 is 4.90 Å². The van der Waals surface area contributed by atoms with Crippen LogP contribution in [0.25, 0.3) is 0 Å². The Labute approximate surface area is 221 Å². The van der Waals surface area contributed by atoms with Crippen molar-refractivity contribution < 1.29 is 12.8 Å². The van der Waals surface area contributed by atoms with E-state index in [1.54, 1.807) is 42.9 Å².